The number of carbonyl (C=O) groups excluding carboxylic acids is 1. The Balaban J connectivity index is 1.58. The van der Waals surface area contributed by atoms with Crippen molar-refractivity contribution in [1.82, 2.24) is 9.21 Å². The molecule has 2 saturated heterocycles. The molecule has 7 heteroatoms. The zero-order valence-corrected chi connectivity index (χ0v) is 17.1. The van der Waals surface area contributed by atoms with Crippen LogP contribution in [0.1, 0.15) is 24.8 Å². The SMILES string of the molecule is COC[C@@]12CCN(C(=O)CCCc3ccccc3)C[C@@H]1CN(S(C)(=O)=O)C2. The van der Waals surface area contributed by atoms with Gasteiger partial charge in [-0.25, -0.2) is 12.7 Å². The van der Waals surface area contributed by atoms with Crippen molar-refractivity contribution >= 4 is 15.9 Å². The largest absolute Gasteiger partial charge is 0.384 e. The quantitative estimate of drug-likeness (QED) is 0.707. The van der Waals surface area contributed by atoms with Gasteiger partial charge in [-0.1, -0.05) is 30.3 Å². The van der Waals surface area contributed by atoms with E-state index in [9.17, 15) is 13.2 Å². The molecule has 0 N–H and O–H groups in total. The molecule has 1 aromatic rings. The molecule has 2 heterocycles. The number of fused-ring (bicyclic) bond motifs is 1. The molecule has 0 unspecified atom stereocenters. The van der Waals surface area contributed by atoms with Crippen LogP contribution in [0.25, 0.3) is 0 Å². The molecule has 2 fully saturated rings. The summed E-state index contributed by atoms with van der Waals surface area (Å²) in [7, 11) is -1.56. The summed E-state index contributed by atoms with van der Waals surface area (Å²) in [5.41, 5.74) is 1.08. The Morgan fingerprint density at radius 3 is 2.67 bits per heavy atom. The molecule has 2 atom stereocenters. The second-order valence-electron chi connectivity index (χ2n) is 7.98. The van der Waals surface area contributed by atoms with Gasteiger partial charge in [-0.2, -0.15) is 0 Å². The minimum absolute atomic E-state index is 0.138. The maximum absolute atomic E-state index is 12.7. The zero-order chi connectivity index (χ0) is 19.5. The van der Waals surface area contributed by atoms with Crippen LogP contribution in [0.3, 0.4) is 0 Å². The molecule has 150 valence electrons. The van der Waals surface area contributed by atoms with Crippen LogP contribution in [0.5, 0.6) is 0 Å². The highest BCUT2D eigenvalue weighted by Gasteiger charge is 2.52. The molecule has 3 rings (SSSR count). The molecule has 2 aliphatic heterocycles. The molecule has 0 bridgehead atoms. The number of ether oxygens (including phenoxy) is 1. The molecule has 6 nitrogen and oxygen atoms in total. The number of methoxy groups -OCH3 is 1. The van der Waals surface area contributed by atoms with Crippen LogP contribution in [0.2, 0.25) is 0 Å². The van der Waals surface area contributed by atoms with E-state index in [1.54, 1.807) is 11.4 Å². The Hall–Kier alpha value is -1.44. The highest BCUT2D eigenvalue weighted by atomic mass is 32.2. The molecule has 0 aliphatic carbocycles. The fourth-order valence-electron chi connectivity index (χ4n) is 4.48. The van der Waals surface area contributed by atoms with Crippen LogP contribution < -0.4 is 0 Å². The Bertz CT molecular complexity index is 753. The van der Waals surface area contributed by atoms with Crippen LogP contribution in [-0.4, -0.2) is 69.7 Å². The first kappa shape index (κ1) is 20.3. The number of hydrogen-bond acceptors (Lipinski definition) is 4. The number of piperidine rings is 1. The number of benzene rings is 1. The van der Waals surface area contributed by atoms with Crippen molar-refractivity contribution in [2.45, 2.75) is 25.7 Å². The first-order chi connectivity index (χ1) is 12.8. The summed E-state index contributed by atoms with van der Waals surface area (Å²) >= 11 is 0. The van der Waals surface area contributed by atoms with Crippen LogP contribution in [0, 0.1) is 11.3 Å². The summed E-state index contributed by atoms with van der Waals surface area (Å²) in [6.07, 6.45) is 4.33. The Kier molecular flexibility index (Phi) is 6.23. The van der Waals surface area contributed by atoms with Gasteiger partial charge in [0.05, 0.1) is 12.9 Å². The fourth-order valence-corrected chi connectivity index (χ4v) is 5.42. The Morgan fingerprint density at radius 2 is 2.00 bits per heavy atom. The predicted octanol–water partition coefficient (Wildman–Crippen LogP) is 1.77. The van der Waals surface area contributed by atoms with Crippen molar-refractivity contribution in [3.63, 3.8) is 0 Å². The van der Waals surface area contributed by atoms with Gasteiger partial charge >= 0.3 is 0 Å². The predicted molar refractivity (Wildman–Crippen MR) is 105 cm³/mol. The van der Waals surface area contributed by atoms with Gasteiger partial charge < -0.3 is 9.64 Å². The van der Waals surface area contributed by atoms with E-state index in [1.807, 2.05) is 23.1 Å². The standard InChI is InChI=1S/C20H30N2O4S/c1-26-16-20-11-12-21(13-18(20)14-22(15-20)27(2,24)25)19(23)10-6-9-17-7-4-3-5-8-17/h3-5,7-8,18H,6,9-16H2,1-2H3/t18-,20+/m1/s1. The lowest BCUT2D eigenvalue weighted by Crippen LogP contribution is -2.50. The van der Waals surface area contributed by atoms with Crippen molar-refractivity contribution in [1.29, 1.82) is 0 Å². The van der Waals surface area contributed by atoms with Gasteiger partial charge in [-0.3, -0.25) is 4.79 Å². The normalized spacial score (nSPS) is 26.1. The van der Waals surface area contributed by atoms with Crippen molar-refractivity contribution < 1.29 is 17.9 Å². The summed E-state index contributed by atoms with van der Waals surface area (Å²) in [4.78, 5) is 14.6. The first-order valence-corrected chi connectivity index (χ1v) is 11.4. The average molecular weight is 395 g/mol. The number of sulfonamides is 1. The molecule has 2 aliphatic rings. The highest BCUT2D eigenvalue weighted by Crippen LogP contribution is 2.44. The summed E-state index contributed by atoms with van der Waals surface area (Å²) in [6, 6.07) is 10.2. The molecule has 1 aromatic carbocycles. The second kappa shape index (κ2) is 8.29. The van der Waals surface area contributed by atoms with Crippen LogP contribution in [0.15, 0.2) is 30.3 Å². The van der Waals surface area contributed by atoms with Gasteiger partial charge in [-0.15, -0.1) is 0 Å². The molecular formula is C20H30N2O4S. The lowest BCUT2D eigenvalue weighted by molar-refractivity contribution is -0.135. The van der Waals surface area contributed by atoms with Gasteiger partial charge in [0.25, 0.3) is 0 Å². The van der Waals surface area contributed by atoms with E-state index >= 15 is 0 Å². The van der Waals surface area contributed by atoms with Crippen molar-refractivity contribution in [3.8, 4) is 0 Å². The number of amides is 1. The average Bonchev–Trinajstić information content (AvgIpc) is 3.01. The van der Waals surface area contributed by atoms with Gasteiger partial charge in [0, 0.05) is 45.1 Å². The molecule has 0 saturated carbocycles. The summed E-state index contributed by atoms with van der Waals surface area (Å²) in [6.45, 7) is 2.83. The number of hydrogen-bond donors (Lipinski definition) is 0. The summed E-state index contributed by atoms with van der Waals surface area (Å²) in [5, 5.41) is 0. The zero-order valence-electron chi connectivity index (χ0n) is 16.3. The van der Waals surface area contributed by atoms with Crippen LogP contribution in [-0.2, 0) is 26.0 Å². The lowest BCUT2D eigenvalue weighted by atomic mass is 9.73. The van der Waals surface area contributed by atoms with Gasteiger partial charge in [0.15, 0.2) is 0 Å². The Morgan fingerprint density at radius 1 is 1.26 bits per heavy atom. The third-order valence-electron chi connectivity index (χ3n) is 6.05. The molecule has 0 radical (unpaired) electrons. The monoisotopic (exact) mass is 394 g/mol. The minimum atomic E-state index is -3.23. The maximum Gasteiger partial charge on any atom is 0.222 e. The molecule has 1 amide bonds. The number of aryl methyl sites for hydroxylation is 1. The third kappa shape index (κ3) is 4.70. The van der Waals surface area contributed by atoms with E-state index in [4.69, 9.17) is 4.74 Å². The van der Waals surface area contributed by atoms with E-state index in [0.29, 0.717) is 39.2 Å². The molecule has 0 aromatic heterocycles. The Labute approximate surface area is 162 Å². The number of likely N-dealkylation sites (tertiary alicyclic amines) is 1. The number of nitrogens with zero attached hydrogens (tertiary/aromatic N) is 2. The molecular weight excluding hydrogens is 364 g/mol. The lowest BCUT2D eigenvalue weighted by Gasteiger charge is -2.43. The van der Waals surface area contributed by atoms with E-state index in [2.05, 4.69) is 12.1 Å². The van der Waals surface area contributed by atoms with Crippen molar-refractivity contribution in [2.24, 2.45) is 11.3 Å². The van der Waals surface area contributed by atoms with E-state index in [0.717, 1.165) is 19.3 Å². The van der Waals surface area contributed by atoms with Crippen molar-refractivity contribution in [3.05, 3.63) is 35.9 Å². The number of carbonyl (C=O) groups is 1. The molecule has 0 spiro atoms. The van der Waals surface area contributed by atoms with Crippen molar-refractivity contribution in [2.75, 3.05) is 46.2 Å². The highest BCUT2D eigenvalue weighted by molar-refractivity contribution is 7.88. The van der Waals surface area contributed by atoms with E-state index in [-0.39, 0.29) is 17.2 Å². The van der Waals surface area contributed by atoms with E-state index in [1.165, 1.54) is 11.8 Å². The topological polar surface area (TPSA) is 66.9 Å². The third-order valence-corrected chi connectivity index (χ3v) is 7.27. The van der Waals surface area contributed by atoms with E-state index < -0.39 is 10.0 Å². The smallest absolute Gasteiger partial charge is 0.222 e. The first-order valence-electron chi connectivity index (χ1n) is 9.60. The van der Waals surface area contributed by atoms with Crippen LogP contribution in [0.4, 0.5) is 0 Å². The van der Waals surface area contributed by atoms with Gasteiger partial charge in [0.2, 0.25) is 15.9 Å². The van der Waals surface area contributed by atoms with Crippen LogP contribution >= 0.6 is 0 Å². The summed E-state index contributed by atoms with van der Waals surface area (Å²) in [5.74, 6) is 0.314. The summed E-state index contributed by atoms with van der Waals surface area (Å²) < 4.78 is 31.0. The van der Waals surface area contributed by atoms with Gasteiger partial charge in [0.1, 0.15) is 0 Å². The maximum atomic E-state index is 12.7. The fraction of sp³-hybridized carbons (Fsp3) is 0.650. The minimum Gasteiger partial charge on any atom is -0.384 e. The van der Waals surface area contributed by atoms with Gasteiger partial charge in [-0.05, 0) is 30.7 Å². The molecule has 27 heavy (non-hydrogen) atoms. The second-order valence-corrected chi connectivity index (χ2v) is 9.96. The number of rotatable bonds is 7.